The highest BCUT2D eigenvalue weighted by atomic mass is 16.5. The van der Waals surface area contributed by atoms with Crippen LogP contribution in [0.25, 0.3) is 5.57 Å². The van der Waals surface area contributed by atoms with Crippen molar-refractivity contribution in [2.75, 3.05) is 20.2 Å². The molecule has 0 aliphatic carbocycles. The smallest absolute Gasteiger partial charge is 0.250 e. The highest BCUT2D eigenvalue weighted by Gasteiger charge is 2.18. The van der Waals surface area contributed by atoms with E-state index < -0.39 is 0 Å². The van der Waals surface area contributed by atoms with Crippen LogP contribution in [0, 0.1) is 0 Å². The summed E-state index contributed by atoms with van der Waals surface area (Å²) in [6.45, 7) is 9.67. The van der Waals surface area contributed by atoms with E-state index in [1.807, 2.05) is 49.9 Å². The van der Waals surface area contributed by atoms with Gasteiger partial charge in [0.15, 0.2) is 0 Å². The van der Waals surface area contributed by atoms with Gasteiger partial charge >= 0.3 is 0 Å². The lowest BCUT2D eigenvalue weighted by Crippen LogP contribution is -2.32. The topological polar surface area (TPSA) is 29.5 Å². The Hall–Kier alpha value is -1.77. The Bertz CT molecular complexity index is 502. The van der Waals surface area contributed by atoms with Crippen molar-refractivity contribution in [2.45, 2.75) is 40.5 Å². The molecular weight excluding hydrogens is 262 g/mol. The zero-order valence-corrected chi connectivity index (χ0v) is 13.9. The van der Waals surface area contributed by atoms with Crippen molar-refractivity contribution in [1.29, 1.82) is 0 Å². The molecule has 1 aromatic rings. The minimum absolute atomic E-state index is 0.155. The summed E-state index contributed by atoms with van der Waals surface area (Å²) in [4.78, 5) is 14.6. The normalized spacial score (nSPS) is 11.9. The summed E-state index contributed by atoms with van der Waals surface area (Å²) < 4.78 is 5.30. The summed E-state index contributed by atoms with van der Waals surface area (Å²) in [6, 6.07) is 7.95. The third-order valence-corrected chi connectivity index (χ3v) is 3.80. The lowest BCUT2D eigenvalue weighted by atomic mass is 9.95. The number of ether oxygens (including phenoxy) is 1. The lowest BCUT2D eigenvalue weighted by molar-refractivity contribution is -0.126. The van der Waals surface area contributed by atoms with Gasteiger partial charge in [0, 0.05) is 18.7 Å². The minimum atomic E-state index is 0.155. The second-order valence-electron chi connectivity index (χ2n) is 4.87. The number of nitrogens with zero attached hydrogens (tertiary/aromatic N) is 1. The van der Waals surface area contributed by atoms with Gasteiger partial charge in [-0.3, -0.25) is 4.79 Å². The largest absolute Gasteiger partial charge is 0.497 e. The Balaban J connectivity index is 3.31. The van der Waals surface area contributed by atoms with Gasteiger partial charge in [-0.05, 0) is 50.0 Å². The molecule has 1 aromatic carbocycles. The van der Waals surface area contributed by atoms with Gasteiger partial charge in [-0.15, -0.1) is 0 Å². The first kappa shape index (κ1) is 17.3. The van der Waals surface area contributed by atoms with E-state index in [4.69, 9.17) is 4.74 Å². The van der Waals surface area contributed by atoms with Crippen LogP contribution in [0.2, 0.25) is 0 Å². The maximum absolute atomic E-state index is 12.7. The minimum Gasteiger partial charge on any atom is -0.497 e. The maximum atomic E-state index is 12.7. The molecule has 0 N–H and O–H groups in total. The van der Waals surface area contributed by atoms with Gasteiger partial charge in [0.25, 0.3) is 0 Å². The van der Waals surface area contributed by atoms with Crippen LogP contribution in [-0.2, 0) is 4.79 Å². The molecule has 0 aliphatic heterocycles. The summed E-state index contributed by atoms with van der Waals surface area (Å²) in [6.07, 6.45) is 1.58. The standard InChI is InChI=1S/C18H27NO2/c1-6-16(14-11-10-12-15(13-14)21-5)17(7-2)18(20)19(8-3)9-4/h10-13H,6-9H2,1-5H3. The predicted molar refractivity (Wildman–Crippen MR) is 88.4 cm³/mol. The van der Waals surface area contributed by atoms with E-state index in [-0.39, 0.29) is 5.91 Å². The van der Waals surface area contributed by atoms with Gasteiger partial charge in [-0.25, -0.2) is 0 Å². The third kappa shape index (κ3) is 4.10. The quantitative estimate of drug-likeness (QED) is 0.706. The van der Waals surface area contributed by atoms with Crippen molar-refractivity contribution in [2.24, 2.45) is 0 Å². The molecule has 0 bridgehead atoms. The molecule has 3 heteroatoms. The van der Waals surface area contributed by atoms with Crippen LogP contribution in [0.3, 0.4) is 0 Å². The van der Waals surface area contributed by atoms with E-state index in [1.54, 1.807) is 7.11 Å². The molecule has 0 saturated carbocycles. The molecule has 0 radical (unpaired) electrons. The summed E-state index contributed by atoms with van der Waals surface area (Å²) in [7, 11) is 1.66. The van der Waals surface area contributed by atoms with Crippen molar-refractivity contribution in [3.63, 3.8) is 0 Å². The zero-order valence-electron chi connectivity index (χ0n) is 13.9. The predicted octanol–water partition coefficient (Wildman–Crippen LogP) is 4.14. The van der Waals surface area contributed by atoms with Crippen molar-refractivity contribution >= 4 is 11.5 Å². The fraction of sp³-hybridized carbons (Fsp3) is 0.500. The number of hydrogen-bond acceptors (Lipinski definition) is 2. The molecule has 116 valence electrons. The number of carbonyl (C=O) groups excluding carboxylic acids is 1. The molecule has 21 heavy (non-hydrogen) atoms. The average Bonchev–Trinajstić information content (AvgIpc) is 2.53. The number of carbonyl (C=O) groups is 1. The number of rotatable bonds is 7. The molecule has 0 fully saturated rings. The molecule has 1 rings (SSSR count). The van der Waals surface area contributed by atoms with Crippen LogP contribution >= 0.6 is 0 Å². The van der Waals surface area contributed by atoms with E-state index in [0.29, 0.717) is 0 Å². The number of methoxy groups -OCH3 is 1. The van der Waals surface area contributed by atoms with E-state index in [2.05, 4.69) is 6.92 Å². The number of likely N-dealkylation sites (N-methyl/N-ethyl adjacent to an activating group) is 1. The highest BCUT2D eigenvalue weighted by Crippen LogP contribution is 2.28. The zero-order chi connectivity index (χ0) is 15.8. The Morgan fingerprint density at radius 2 is 1.76 bits per heavy atom. The van der Waals surface area contributed by atoms with Crippen molar-refractivity contribution < 1.29 is 9.53 Å². The lowest BCUT2D eigenvalue weighted by Gasteiger charge is -2.22. The third-order valence-electron chi connectivity index (χ3n) is 3.80. The van der Waals surface area contributed by atoms with Crippen molar-refractivity contribution in [1.82, 2.24) is 4.90 Å². The fourth-order valence-electron chi connectivity index (χ4n) is 2.60. The van der Waals surface area contributed by atoms with E-state index in [9.17, 15) is 4.79 Å². The van der Waals surface area contributed by atoms with Gasteiger partial charge in [0.1, 0.15) is 5.75 Å². The summed E-state index contributed by atoms with van der Waals surface area (Å²) in [5.74, 6) is 0.978. The van der Waals surface area contributed by atoms with Crippen molar-refractivity contribution in [3.05, 3.63) is 35.4 Å². The molecule has 0 unspecified atom stereocenters. The van der Waals surface area contributed by atoms with Gasteiger partial charge in [-0.2, -0.15) is 0 Å². The summed E-state index contributed by atoms with van der Waals surface area (Å²) in [5.41, 5.74) is 3.11. The number of hydrogen-bond donors (Lipinski definition) is 0. The van der Waals surface area contributed by atoms with Crippen LogP contribution in [0.1, 0.15) is 46.1 Å². The molecule has 0 spiro atoms. The Morgan fingerprint density at radius 1 is 1.10 bits per heavy atom. The van der Waals surface area contributed by atoms with Gasteiger partial charge < -0.3 is 9.64 Å². The molecular formula is C18H27NO2. The SMILES string of the molecule is CCC(C(=O)N(CC)CC)=C(CC)c1cccc(OC)c1. The molecule has 0 atom stereocenters. The monoisotopic (exact) mass is 289 g/mol. The molecule has 3 nitrogen and oxygen atoms in total. The second kappa shape index (κ2) is 8.50. The highest BCUT2D eigenvalue weighted by molar-refractivity contribution is 6.01. The Kier molecular flexibility index (Phi) is 7.00. The fourth-order valence-corrected chi connectivity index (χ4v) is 2.60. The first-order valence-electron chi connectivity index (χ1n) is 7.78. The van der Waals surface area contributed by atoms with Gasteiger partial charge in [0.05, 0.1) is 7.11 Å². The first-order chi connectivity index (χ1) is 10.1. The number of amides is 1. The Morgan fingerprint density at radius 3 is 2.24 bits per heavy atom. The van der Waals surface area contributed by atoms with Crippen LogP contribution in [0.4, 0.5) is 0 Å². The molecule has 0 aliphatic rings. The molecule has 0 heterocycles. The van der Waals surface area contributed by atoms with Crippen LogP contribution in [-0.4, -0.2) is 31.0 Å². The summed E-state index contributed by atoms with van der Waals surface area (Å²) in [5, 5.41) is 0. The number of allylic oxidation sites excluding steroid dienone is 1. The summed E-state index contributed by atoms with van der Waals surface area (Å²) >= 11 is 0. The van der Waals surface area contributed by atoms with Gasteiger partial charge in [0.2, 0.25) is 5.91 Å². The van der Waals surface area contributed by atoms with Crippen molar-refractivity contribution in [3.8, 4) is 5.75 Å². The Labute approximate surface area is 128 Å². The van der Waals surface area contributed by atoms with Gasteiger partial charge in [-0.1, -0.05) is 26.0 Å². The first-order valence-corrected chi connectivity index (χ1v) is 7.78. The van der Waals surface area contributed by atoms with Crippen LogP contribution < -0.4 is 4.74 Å². The molecule has 0 aromatic heterocycles. The average molecular weight is 289 g/mol. The maximum Gasteiger partial charge on any atom is 0.250 e. The number of benzene rings is 1. The van der Waals surface area contributed by atoms with E-state index in [1.165, 1.54) is 0 Å². The second-order valence-corrected chi connectivity index (χ2v) is 4.87. The van der Waals surface area contributed by atoms with Crippen LogP contribution in [0.15, 0.2) is 29.8 Å². The van der Waals surface area contributed by atoms with E-state index in [0.717, 1.165) is 48.4 Å². The molecule has 1 amide bonds. The molecule has 0 saturated heterocycles. The van der Waals surface area contributed by atoms with Crippen LogP contribution in [0.5, 0.6) is 5.75 Å². The van der Waals surface area contributed by atoms with E-state index >= 15 is 0 Å².